The highest BCUT2D eigenvalue weighted by molar-refractivity contribution is 5.20. The predicted molar refractivity (Wildman–Crippen MR) is 69.1 cm³/mol. The first-order chi connectivity index (χ1) is 8.39. The zero-order valence-corrected chi connectivity index (χ0v) is 11.4. The molecule has 2 aliphatic carbocycles. The van der Waals surface area contributed by atoms with E-state index in [1.54, 1.807) is 0 Å². The number of epoxide rings is 1. The third-order valence-corrected chi connectivity index (χ3v) is 5.76. The molecule has 1 aliphatic heterocycles. The smallest absolute Gasteiger partial charge is 0.0921 e. The molecule has 0 radical (unpaired) electrons. The van der Waals surface area contributed by atoms with E-state index in [2.05, 4.69) is 20.4 Å². The Balaban J connectivity index is 1.82. The van der Waals surface area contributed by atoms with Gasteiger partial charge in [0.25, 0.3) is 0 Å². The van der Waals surface area contributed by atoms with Crippen molar-refractivity contribution in [2.75, 3.05) is 6.61 Å². The van der Waals surface area contributed by atoms with Crippen molar-refractivity contribution in [2.45, 2.75) is 57.3 Å². The molecular formula is C15H24O3. The zero-order chi connectivity index (χ0) is 13.1. The maximum Gasteiger partial charge on any atom is 0.0921 e. The summed E-state index contributed by atoms with van der Waals surface area (Å²) in [6.07, 6.45) is 3.52. The minimum atomic E-state index is -0.439. The van der Waals surface area contributed by atoms with Crippen molar-refractivity contribution in [2.24, 2.45) is 17.3 Å². The molecule has 1 saturated heterocycles. The van der Waals surface area contributed by atoms with Gasteiger partial charge in [0, 0.05) is 13.0 Å². The molecule has 3 heteroatoms. The molecular weight excluding hydrogens is 228 g/mol. The topological polar surface area (TPSA) is 53.0 Å². The Kier molecular flexibility index (Phi) is 2.68. The predicted octanol–water partition coefficient (Wildman–Crippen LogP) is 1.88. The van der Waals surface area contributed by atoms with E-state index in [1.165, 1.54) is 0 Å². The number of aliphatic hydroxyl groups excluding tert-OH is 2. The molecule has 0 aromatic heterocycles. The lowest BCUT2D eigenvalue weighted by Crippen LogP contribution is -2.50. The van der Waals surface area contributed by atoms with Crippen LogP contribution in [0.4, 0.5) is 0 Å². The summed E-state index contributed by atoms with van der Waals surface area (Å²) in [5, 5.41) is 19.8. The molecule has 6 atom stereocenters. The van der Waals surface area contributed by atoms with Gasteiger partial charge in [-0.15, -0.1) is 0 Å². The third kappa shape index (κ3) is 1.68. The normalized spacial score (nSPS) is 55.4. The molecule has 0 bridgehead atoms. The number of hydrogen-bond acceptors (Lipinski definition) is 3. The van der Waals surface area contributed by atoms with E-state index in [0.29, 0.717) is 18.3 Å². The zero-order valence-electron chi connectivity index (χ0n) is 11.4. The van der Waals surface area contributed by atoms with Gasteiger partial charge >= 0.3 is 0 Å². The molecule has 3 fully saturated rings. The van der Waals surface area contributed by atoms with Gasteiger partial charge < -0.3 is 14.9 Å². The molecule has 2 saturated carbocycles. The van der Waals surface area contributed by atoms with Crippen molar-refractivity contribution in [3.8, 4) is 0 Å². The highest BCUT2D eigenvalue weighted by Crippen LogP contribution is 2.59. The monoisotopic (exact) mass is 252 g/mol. The van der Waals surface area contributed by atoms with Gasteiger partial charge in [-0.3, -0.25) is 0 Å². The summed E-state index contributed by atoms with van der Waals surface area (Å²) >= 11 is 0. The average Bonchev–Trinajstić information content (AvgIpc) is 2.94. The fourth-order valence-corrected chi connectivity index (χ4v) is 4.09. The lowest BCUT2D eigenvalue weighted by molar-refractivity contribution is -0.0659. The number of hydrogen-bond donors (Lipinski definition) is 2. The molecule has 0 amide bonds. The van der Waals surface area contributed by atoms with E-state index in [-0.39, 0.29) is 23.7 Å². The summed E-state index contributed by atoms with van der Waals surface area (Å²) < 4.78 is 5.75. The van der Waals surface area contributed by atoms with E-state index in [9.17, 15) is 10.2 Å². The quantitative estimate of drug-likeness (QED) is 0.553. The minimum absolute atomic E-state index is 0.0123. The minimum Gasteiger partial charge on any atom is -0.396 e. The maximum absolute atomic E-state index is 10.2. The molecule has 3 rings (SSSR count). The second kappa shape index (κ2) is 3.81. The summed E-state index contributed by atoms with van der Waals surface area (Å²) in [4.78, 5) is 0. The summed E-state index contributed by atoms with van der Waals surface area (Å²) in [7, 11) is 0. The Bertz CT molecular complexity index is 380. The summed E-state index contributed by atoms with van der Waals surface area (Å²) in [6.45, 7) is 8.64. The summed E-state index contributed by atoms with van der Waals surface area (Å²) in [5.74, 6) is 0.836. The van der Waals surface area contributed by atoms with Crippen LogP contribution in [0.15, 0.2) is 12.2 Å². The van der Waals surface area contributed by atoms with Crippen molar-refractivity contribution >= 4 is 0 Å². The highest BCUT2D eigenvalue weighted by Gasteiger charge is 2.58. The van der Waals surface area contributed by atoms with Gasteiger partial charge in [0.2, 0.25) is 0 Å². The van der Waals surface area contributed by atoms with Crippen LogP contribution in [0.3, 0.4) is 0 Å². The van der Waals surface area contributed by atoms with Gasteiger partial charge in [0.05, 0.1) is 17.8 Å². The largest absolute Gasteiger partial charge is 0.396 e. The Hall–Kier alpha value is -0.380. The van der Waals surface area contributed by atoms with E-state index in [4.69, 9.17) is 4.74 Å². The van der Waals surface area contributed by atoms with Crippen LogP contribution in [0.25, 0.3) is 0 Å². The van der Waals surface area contributed by atoms with Crippen LogP contribution in [0.2, 0.25) is 0 Å². The Labute approximate surface area is 109 Å². The first-order valence-electron chi connectivity index (χ1n) is 7.05. The Morgan fingerprint density at radius 1 is 1.44 bits per heavy atom. The fourth-order valence-electron chi connectivity index (χ4n) is 4.09. The first-order valence-corrected chi connectivity index (χ1v) is 7.05. The van der Waals surface area contributed by atoms with Crippen LogP contribution >= 0.6 is 0 Å². The Morgan fingerprint density at radius 2 is 2.17 bits per heavy atom. The summed E-state index contributed by atoms with van der Waals surface area (Å²) in [5.41, 5.74) is 0.936. The number of aliphatic hydroxyl groups is 2. The molecule has 0 aromatic carbocycles. The van der Waals surface area contributed by atoms with Crippen LogP contribution < -0.4 is 0 Å². The second-order valence-corrected chi connectivity index (χ2v) is 7.01. The molecule has 0 aromatic rings. The van der Waals surface area contributed by atoms with Gasteiger partial charge in [-0.1, -0.05) is 13.5 Å². The molecule has 0 spiro atoms. The van der Waals surface area contributed by atoms with E-state index < -0.39 is 6.10 Å². The fraction of sp³-hybridized carbons (Fsp3) is 0.867. The Morgan fingerprint density at radius 3 is 2.83 bits per heavy atom. The highest BCUT2D eigenvalue weighted by atomic mass is 16.6. The molecule has 102 valence electrons. The second-order valence-electron chi connectivity index (χ2n) is 7.01. The maximum atomic E-state index is 10.2. The molecule has 1 unspecified atom stereocenters. The standard InChI is InChI=1S/C15H24O3/c1-9-10-7-14(2,8-16)11(10)4-5-15(3)13(18-15)6-12(9)17/h10-13,16-17H,1,4-8H2,2-3H3/t10-,11-,12?,13-,14+,15-/m1/s1. The third-order valence-electron chi connectivity index (χ3n) is 5.76. The van der Waals surface area contributed by atoms with E-state index >= 15 is 0 Å². The number of fused-ring (bicyclic) bond motifs is 2. The van der Waals surface area contributed by atoms with Crippen molar-refractivity contribution in [1.82, 2.24) is 0 Å². The lowest BCUT2D eigenvalue weighted by atomic mass is 9.51. The SMILES string of the molecule is C=C1C(O)C[C@H]2O[C@]2(C)CC[C@@H]2[C@@H]1C[C@@]2(C)CO. The summed E-state index contributed by atoms with van der Waals surface area (Å²) in [6, 6.07) is 0. The molecule has 2 N–H and O–H groups in total. The van der Waals surface area contributed by atoms with Crippen molar-refractivity contribution in [3.63, 3.8) is 0 Å². The van der Waals surface area contributed by atoms with Crippen LogP contribution in [-0.2, 0) is 4.74 Å². The van der Waals surface area contributed by atoms with Crippen molar-refractivity contribution < 1.29 is 14.9 Å². The van der Waals surface area contributed by atoms with Gasteiger partial charge in [-0.2, -0.15) is 0 Å². The van der Waals surface area contributed by atoms with Gasteiger partial charge in [-0.25, -0.2) is 0 Å². The van der Waals surface area contributed by atoms with Crippen molar-refractivity contribution in [3.05, 3.63) is 12.2 Å². The van der Waals surface area contributed by atoms with Crippen molar-refractivity contribution in [1.29, 1.82) is 0 Å². The molecule has 3 aliphatic rings. The molecule has 18 heavy (non-hydrogen) atoms. The molecule has 3 nitrogen and oxygen atoms in total. The van der Waals surface area contributed by atoms with Crippen LogP contribution in [0.1, 0.15) is 39.5 Å². The van der Waals surface area contributed by atoms with E-state index in [1.807, 2.05) is 0 Å². The average molecular weight is 252 g/mol. The van der Waals surface area contributed by atoms with Crippen LogP contribution in [0.5, 0.6) is 0 Å². The van der Waals surface area contributed by atoms with Crippen LogP contribution in [0, 0.1) is 17.3 Å². The van der Waals surface area contributed by atoms with Crippen LogP contribution in [-0.4, -0.2) is 34.6 Å². The first kappa shape index (κ1) is 12.6. The van der Waals surface area contributed by atoms with Gasteiger partial charge in [-0.05, 0) is 49.0 Å². The van der Waals surface area contributed by atoms with E-state index in [0.717, 1.165) is 24.8 Å². The van der Waals surface area contributed by atoms with Gasteiger partial charge in [0.1, 0.15) is 0 Å². The van der Waals surface area contributed by atoms with Gasteiger partial charge in [0.15, 0.2) is 0 Å². The number of ether oxygens (including phenoxy) is 1. The number of rotatable bonds is 1. The molecule has 1 heterocycles. The lowest BCUT2D eigenvalue weighted by Gasteiger charge is -2.54.